The van der Waals surface area contributed by atoms with Gasteiger partial charge in [0.15, 0.2) is 0 Å². The highest BCUT2D eigenvalue weighted by Gasteiger charge is 2.06. The standard InChI is InChI=1S/C23H30N4O3/c1-3-5-6-10-22(29)26-19-8-7-9-20(15-19)27-23(30)16-24-17-11-13-18(14-12-17)25-21(28)4-2/h7-9,11-15,24H,3-6,10,16H2,1-2H3,(H,25,28)(H,26,29)(H,27,30). The van der Waals surface area contributed by atoms with Crippen LogP contribution in [0.1, 0.15) is 46.0 Å². The minimum Gasteiger partial charge on any atom is -0.376 e. The highest BCUT2D eigenvalue weighted by molar-refractivity contribution is 5.96. The van der Waals surface area contributed by atoms with E-state index in [0.717, 1.165) is 24.9 Å². The molecule has 0 bridgehead atoms. The maximum absolute atomic E-state index is 12.2. The fourth-order valence-corrected chi connectivity index (χ4v) is 2.74. The lowest BCUT2D eigenvalue weighted by atomic mass is 10.2. The lowest BCUT2D eigenvalue weighted by Gasteiger charge is -2.10. The van der Waals surface area contributed by atoms with Gasteiger partial charge in [-0.25, -0.2) is 0 Å². The number of nitrogens with one attached hydrogen (secondary N) is 4. The molecule has 30 heavy (non-hydrogen) atoms. The van der Waals surface area contributed by atoms with Gasteiger partial charge in [-0.3, -0.25) is 14.4 Å². The van der Waals surface area contributed by atoms with Crippen molar-refractivity contribution in [2.75, 3.05) is 27.8 Å². The summed E-state index contributed by atoms with van der Waals surface area (Å²) >= 11 is 0. The van der Waals surface area contributed by atoms with Gasteiger partial charge < -0.3 is 21.3 Å². The molecule has 2 aromatic carbocycles. The number of hydrogen-bond donors (Lipinski definition) is 4. The van der Waals surface area contributed by atoms with E-state index < -0.39 is 0 Å². The number of carbonyl (C=O) groups is 3. The largest absolute Gasteiger partial charge is 0.376 e. The summed E-state index contributed by atoms with van der Waals surface area (Å²) in [6.07, 6.45) is 3.89. The molecule has 7 nitrogen and oxygen atoms in total. The van der Waals surface area contributed by atoms with Crippen molar-refractivity contribution in [1.82, 2.24) is 0 Å². The number of rotatable bonds is 11. The molecular weight excluding hydrogens is 380 g/mol. The summed E-state index contributed by atoms with van der Waals surface area (Å²) in [7, 11) is 0. The SMILES string of the molecule is CCCCCC(=O)Nc1cccc(NC(=O)CNc2ccc(NC(=O)CC)cc2)c1. The van der Waals surface area contributed by atoms with E-state index in [2.05, 4.69) is 28.2 Å². The number of unbranched alkanes of at least 4 members (excludes halogenated alkanes) is 2. The number of hydrogen-bond acceptors (Lipinski definition) is 4. The summed E-state index contributed by atoms with van der Waals surface area (Å²) in [5.41, 5.74) is 2.76. The number of carbonyl (C=O) groups excluding carboxylic acids is 3. The summed E-state index contributed by atoms with van der Waals surface area (Å²) in [4.78, 5) is 35.6. The van der Waals surface area contributed by atoms with Gasteiger partial charge >= 0.3 is 0 Å². The first-order valence-corrected chi connectivity index (χ1v) is 10.3. The quantitative estimate of drug-likeness (QED) is 0.407. The van der Waals surface area contributed by atoms with Gasteiger partial charge in [-0.15, -0.1) is 0 Å². The molecule has 0 heterocycles. The third-order valence-electron chi connectivity index (χ3n) is 4.38. The lowest BCUT2D eigenvalue weighted by molar-refractivity contribution is -0.117. The molecule has 2 aromatic rings. The Morgan fingerprint density at radius 2 is 1.30 bits per heavy atom. The summed E-state index contributed by atoms with van der Waals surface area (Å²) in [5.74, 6) is -0.272. The number of benzene rings is 2. The molecule has 0 saturated carbocycles. The van der Waals surface area contributed by atoms with Crippen molar-refractivity contribution >= 4 is 40.5 Å². The molecule has 3 amide bonds. The smallest absolute Gasteiger partial charge is 0.243 e. The monoisotopic (exact) mass is 410 g/mol. The van der Waals surface area contributed by atoms with Crippen LogP contribution in [0, 0.1) is 0 Å². The molecule has 0 fully saturated rings. The van der Waals surface area contributed by atoms with E-state index in [1.54, 1.807) is 55.5 Å². The zero-order valence-corrected chi connectivity index (χ0v) is 17.6. The minimum atomic E-state index is -0.204. The van der Waals surface area contributed by atoms with Gasteiger partial charge in [-0.1, -0.05) is 32.8 Å². The van der Waals surface area contributed by atoms with Gasteiger partial charge in [-0.2, -0.15) is 0 Å². The zero-order chi connectivity index (χ0) is 21.8. The highest BCUT2D eigenvalue weighted by atomic mass is 16.2. The molecule has 0 radical (unpaired) electrons. The highest BCUT2D eigenvalue weighted by Crippen LogP contribution is 2.17. The van der Waals surface area contributed by atoms with Crippen molar-refractivity contribution in [2.45, 2.75) is 46.0 Å². The third kappa shape index (κ3) is 8.34. The zero-order valence-electron chi connectivity index (χ0n) is 17.6. The van der Waals surface area contributed by atoms with Crippen LogP contribution in [-0.2, 0) is 14.4 Å². The van der Waals surface area contributed by atoms with Gasteiger partial charge in [0.05, 0.1) is 6.54 Å². The van der Waals surface area contributed by atoms with Gasteiger partial charge in [0.25, 0.3) is 0 Å². The van der Waals surface area contributed by atoms with Crippen LogP contribution in [0.3, 0.4) is 0 Å². The van der Waals surface area contributed by atoms with Gasteiger partial charge in [0.2, 0.25) is 17.7 Å². The molecule has 0 unspecified atom stereocenters. The van der Waals surface area contributed by atoms with Crippen LogP contribution in [0.4, 0.5) is 22.7 Å². The summed E-state index contributed by atoms with van der Waals surface area (Å²) < 4.78 is 0. The fraction of sp³-hybridized carbons (Fsp3) is 0.348. The Hall–Kier alpha value is -3.35. The molecule has 0 aromatic heterocycles. The molecule has 7 heteroatoms. The molecule has 0 aliphatic carbocycles. The molecule has 160 valence electrons. The molecule has 0 aliphatic rings. The van der Waals surface area contributed by atoms with Crippen LogP contribution in [0.5, 0.6) is 0 Å². The maximum Gasteiger partial charge on any atom is 0.243 e. The van der Waals surface area contributed by atoms with E-state index in [4.69, 9.17) is 0 Å². The second-order valence-electron chi connectivity index (χ2n) is 6.97. The predicted molar refractivity (Wildman–Crippen MR) is 122 cm³/mol. The number of anilines is 4. The van der Waals surface area contributed by atoms with Crippen LogP contribution >= 0.6 is 0 Å². The fourth-order valence-electron chi connectivity index (χ4n) is 2.74. The molecule has 4 N–H and O–H groups in total. The summed E-state index contributed by atoms with van der Waals surface area (Å²) in [5, 5.41) is 11.5. The molecule has 0 aliphatic heterocycles. The van der Waals surface area contributed by atoms with Crippen LogP contribution in [0.2, 0.25) is 0 Å². The van der Waals surface area contributed by atoms with Crippen LogP contribution in [-0.4, -0.2) is 24.3 Å². The first-order chi connectivity index (χ1) is 14.5. The van der Waals surface area contributed by atoms with Crippen molar-refractivity contribution < 1.29 is 14.4 Å². The lowest BCUT2D eigenvalue weighted by Crippen LogP contribution is -2.21. The molecular formula is C23H30N4O3. The third-order valence-corrected chi connectivity index (χ3v) is 4.38. The van der Waals surface area contributed by atoms with E-state index >= 15 is 0 Å². The van der Waals surface area contributed by atoms with Gasteiger partial charge in [-0.05, 0) is 48.9 Å². The van der Waals surface area contributed by atoms with E-state index in [1.165, 1.54) is 0 Å². The molecule has 0 atom stereocenters. The minimum absolute atomic E-state index is 0.0211. The first-order valence-electron chi connectivity index (χ1n) is 10.3. The molecule has 0 saturated heterocycles. The van der Waals surface area contributed by atoms with Gasteiger partial charge in [0, 0.05) is 35.6 Å². The molecule has 0 spiro atoms. The Morgan fingerprint density at radius 1 is 0.700 bits per heavy atom. The number of amides is 3. The second-order valence-corrected chi connectivity index (χ2v) is 6.97. The van der Waals surface area contributed by atoms with Crippen LogP contribution in [0.15, 0.2) is 48.5 Å². The van der Waals surface area contributed by atoms with Crippen molar-refractivity contribution in [3.05, 3.63) is 48.5 Å². The topological polar surface area (TPSA) is 99.3 Å². The molecule has 2 rings (SSSR count). The normalized spacial score (nSPS) is 10.2. The van der Waals surface area contributed by atoms with Crippen LogP contribution in [0.25, 0.3) is 0 Å². The predicted octanol–water partition coefficient (Wildman–Crippen LogP) is 4.60. The average Bonchev–Trinajstić information content (AvgIpc) is 2.73. The van der Waals surface area contributed by atoms with Crippen molar-refractivity contribution in [1.29, 1.82) is 0 Å². The van der Waals surface area contributed by atoms with E-state index in [0.29, 0.717) is 29.9 Å². The van der Waals surface area contributed by atoms with Crippen molar-refractivity contribution in [2.24, 2.45) is 0 Å². The maximum atomic E-state index is 12.2. The second kappa shape index (κ2) is 12.3. The Labute approximate surface area is 177 Å². The van der Waals surface area contributed by atoms with Crippen molar-refractivity contribution in [3.8, 4) is 0 Å². The van der Waals surface area contributed by atoms with E-state index in [9.17, 15) is 14.4 Å². The summed E-state index contributed by atoms with van der Waals surface area (Å²) in [6.45, 7) is 3.98. The van der Waals surface area contributed by atoms with Crippen LogP contribution < -0.4 is 21.3 Å². The van der Waals surface area contributed by atoms with Crippen molar-refractivity contribution in [3.63, 3.8) is 0 Å². The summed E-state index contributed by atoms with van der Waals surface area (Å²) in [6, 6.07) is 14.2. The van der Waals surface area contributed by atoms with Gasteiger partial charge in [0.1, 0.15) is 0 Å². The Kier molecular flexibility index (Phi) is 9.37. The van der Waals surface area contributed by atoms with E-state index in [1.807, 2.05) is 0 Å². The Bertz CT molecular complexity index is 850. The van der Waals surface area contributed by atoms with E-state index in [-0.39, 0.29) is 24.3 Å². The first kappa shape index (κ1) is 22.9. The average molecular weight is 411 g/mol. The Balaban J connectivity index is 1.80. The Morgan fingerprint density at radius 3 is 1.93 bits per heavy atom.